The van der Waals surface area contributed by atoms with Crippen molar-refractivity contribution in [3.05, 3.63) is 45.7 Å². The second kappa shape index (κ2) is 23.7. The van der Waals surface area contributed by atoms with Crippen molar-refractivity contribution < 1.29 is 67.4 Å². The SMILES string of the molecule is CC[C@H]1OC(=O)[C@H](C)[C@@H](OC(=O)NCCCCCC#Cc2ccc3c(=O)c(C(=O)O)cn(C4CC4)c3c2)[C@H](C)[C@@H](O[C@@H]2O[C@H](C)C[C@H](N(C)C)[C@H]2O)[C@](C)(OC)C[C@@H](C)/C(=N\OC)[C@H](C)[C@H]2OC(=O)O[C@@]21C. The normalized spacial score (nSPS) is 33.9. The molecule has 0 bridgehead atoms. The fraction of sp³-hybridized carbons (Fsp3) is 0.698. The number of pyridine rings is 1. The number of ether oxygens (including phenoxy) is 7. The molecule has 72 heavy (non-hydrogen) atoms. The molecule has 1 aromatic carbocycles. The summed E-state index contributed by atoms with van der Waals surface area (Å²) in [7, 11) is 6.72. The van der Waals surface area contributed by atoms with Crippen molar-refractivity contribution in [2.75, 3.05) is 34.9 Å². The molecule has 3 N–H and O–H groups in total. The number of carbonyl (C=O) groups is 4. The van der Waals surface area contributed by atoms with Gasteiger partial charge in [0.25, 0.3) is 0 Å². The maximum Gasteiger partial charge on any atom is 0.509 e. The van der Waals surface area contributed by atoms with Crippen LogP contribution >= 0.6 is 0 Å². The standard InChI is InChI=1S/C53H76N4O15/c1-13-40-53(8)46(71-51(64)72-53)31(4)41(55-66-12)29(2)27-52(7,65-11)45(70-49-43(59)39(56(9)10)25-30(3)67-49)32(5)44(33(6)48(62)68-40)69-50(63)54-24-18-16-14-15-17-19-34-20-23-36-38(26-34)57(35-21-22-35)28-37(42(36)58)47(60)61/h20,23,26,28-33,35,39-40,43-46,49,59H,13-16,18,21-22,24-25,27H2,1-12H3,(H,54,63)(H,60,61)/b55-41+/t29-,30-,31+,32+,33-,39+,40-,43-,44+,45-,46-,49+,52-,53-/m1/s1. The minimum Gasteiger partial charge on any atom is -0.477 e. The Morgan fingerprint density at radius 3 is 2.38 bits per heavy atom. The Balaban J connectivity index is 1.22. The van der Waals surface area contributed by atoms with E-state index in [9.17, 15) is 34.2 Å². The summed E-state index contributed by atoms with van der Waals surface area (Å²) < 4.78 is 45.7. The van der Waals surface area contributed by atoms with Gasteiger partial charge < -0.3 is 63.0 Å². The Bertz CT molecular complexity index is 2430. The largest absolute Gasteiger partial charge is 0.509 e. The van der Waals surface area contributed by atoms with Crippen LogP contribution in [0.3, 0.4) is 0 Å². The van der Waals surface area contributed by atoms with E-state index in [1.807, 2.05) is 57.3 Å². The molecule has 14 atom stereocenters. The summed E-state index contributed by atoms with van der Waals surface area (Å²) in [5.74, 6) is 1.46. The Morgan fingerprint density at radius 2 is 1.74 bits per heavy atom. The van der Waals surface area contributed by atoms with Crippen LogP contribution in [-0.2, 0) is 42.8 Å². The van der Waals surface area contributed by atoms with Crippen LogP contribution in [0.2, 0.25) is 0 Å². The van der Waals surface area contributed by atoms with Gasteiger partial charge in [0.05, 0.1) is 35.0 Å². The molecular formula is C53H76N4O15. The second-order valence-electron chi connectivity index (χ2n) is 20.8. The molecule has 0 unspecified atom stereocenters. The van der Waals surface area contributed by atoms with Crippen LogP contribution < -0.4 is 10.7 Å². The van der Waals surface area contributed by atoms with E-state index in [1.165, 1.54) is 20.4 Å². The van der Waals surface area contributed by atoms with Gasteiger partial charge in [0.15, 0.2) is 18.0 Å². The highest BCUT2D eigenvalue weighted by Gasteiger charge is 2.59. The predicted molar refractivity (Wildman–Crippen MR) is 265 cm³/mol. The fourth-order valence-electron chi connectivity index (χ4n) is 11.0. The van der Waals surface area contributed by atoms with Gasteiger partial charge in [0.1, 0.15) is 31.0 Å². The quantitative estimate of drug-likeness (QED) is 0.0579. The summed E-state index contributed by atoms with van der Waals surface area (Å²) in [4.78, 5) is 73.3. The average molecular weight is 1010 g/mol. The molecule has 3 saturated heterocycles. The number of aromatic carboxylic acids is 1. The molecule has 19 heteroatoms. The number of carbonyl (C=O) groups excluding carboxylic acids is 3. The first-order valence-electron chi connectivity index (χ1n) is 25.4. The lowest BCUT2D eigenvalue weighted by atomic mass is 9.73. The zero-order valence-corrected chi connectivity index (χ0v) is 43.9. The summed E-state index contributed by atoms with van der Waals surface area (Å²) in [5, 5.41) is 29.0. The van der Waals surface area contributed by atoms with Crippen molar-refractivity contribution in [2.45, 2.75) is 179 Å². The van der Waals surface area contributed by atoms with Crippen molar-refractivity contribution in [3.8, 4) is 11.8 Å². The summed E-state index contributed by atoms with van der Waals surface area (Å²) in [6.07, 6.45) is -1.42. The Hall–Kier alpha value is -5.26. The van der Waals surface area contributed by atoms with Crippen LogP contribution in [0.4, 0.5) is 9.59 Å². The number of fused-ring (bicyclic) bond motifs is 2. The number of nitrogens with zero attached hydrogens (tertiary/aromatic N) is 3. The second-order valence-corrected chi connectivity index (χ2v) is 20.8. The lowest BCUT2D eigenvalue weighted by Crippen LogP contribution is -2.60. The van der Waals surface area contributed by atoms with Crippen molar-refractivity contribution in [1.82, 2.24) is 14.8 Å². The first-order chi connectivity index (χ1) is 34.1. The summed E-state index contributed by atoms with van der Waals surface area (Å²) in [5.41, 5.74) is -1.53. The third-order valence-electron chi connectivity index (χ3n) is 15.1. The molecule has 0 spiro atoms. The van der Waals surface area contributed by atoms with Gasteiger partial charge in [-0.3, -0.25) is 9.59 Å². The number of aliphatic hydroxyl groups is 1. The Morgan fingerprint density at radius 1 is 1.01 bits per heavy atom. The number of carboxylic acids is 1. The van der Waals surface area contributed by atoms with E-state index in [-0.39, 0.29) is 43.1 Å². The van der Waals surface area contributed by atoms with Gasteiger partial charge in [-0.1, -0.05) is 51.1 Å². The minimum absolute atomic E-state index is 0.156. The number of cyclic esters (lactones) is 1. The maximum absolute atomic E-state index is 14.5. The highest BCUT2D eigenvalue weighted by Crippen LogP contribution is 2.43. The number of aliphatic hydroxyl groups excluding tert-OH is 1. The smallest absolute Gasteiger partial charge is 0.477 e. The number of hydrogen-bond donors (Lipinski definition) is 3. The molecule has 19 nitrogen and oxygen atoms in total. The van der Waals surface area contributed by atoms with Gasteiger partial charge in [-0.05, 0) is 105 Å². The number of nitrogens with one attached hydrogen (secondary N) is 1. The molecule has 4 fully saturated rings. The lowest BCUT2D eigenvalue weighted by molar-refractivity contribution is -0.301. The van der Waals surface area contributed by atoms with E-state index in [2.05, 4.69) is 22.3 Å². The number of rotatable bonds is 14. The van der Waals surface area contributed by atoms with Gasteiger partial charge >= 0.3 is 24.2 Å². The fourth-order valence-corrected chi connectivity index (χ4v) is 11.0. The van der Waals surface area contributed by atoms with E-state index in [4.69, 9.17) is 38.0 Å². The number of aromatic nitrogens is 1. The van der Waals surface area contributed by atoms with E-state index < -0.39 is 101 Å². The number of unbranched alkanes of at least 4 members (excludes halogenated alkanes) is 3. The molecule has 2 aromatic rings. The van der Waals surface area contributed by atoms with E-state index in [0.29, 0.717) is 35.9 Å². The number of methoxy groups -OCH3 is 1. The molecule has 398 valence electrons. The summed E-state index contributed by atoms with van der Waals surface area (Å²) in [6.45, 7) is 14.7. The van der Waals surface area contributed by atoms with Gasteiger partial charge in [-0.15, -0.1) is 0 Å². The molecule has 1 amide bonds. The van der Waals surface area contributed by atoms with Crippen molar-refractivity contribution in [2.24, 2.45) is 28.8 Å². The molecule has 6 rings (SSSR count). The highest BCUT2D eigenvalue weighted by molar-refractivity contribution is 5.93. The molecule has 3 aliphatic heterocycles. The topological polar surface area (TPSA) is 232 Å². The molecule has 0 radical (unpaired) electrons. The molecule has 1 aliphatic carbocycles. The van der Waals surface area contributed by atoms with Crippen LogP contribution in [0.1, 0.15) is 135 Å². The number of benzene rings is 1. The third kappa shape index (κ3) is 12.4. The Kier molecular flexibility index (Phi) is 18.5. The molecular weight excluding hydrogens is 933 g/mol. The number of carboxylic acid groups (broad SMARTS) is 1. The van der Waals surface area contributed by atoms with Crippen LogP contribution in [0.25, 0.3) is 10.9 Å². The van der Waals surface area contributed by atoms with Crippen LogP contribution in [0, 0.1) is 35.5 Å². The number of likely N-dealkylation sites (N-methyl/N-ethyl adjacent to an activating group) is 1. The number of hydrogen-bond acceptors (Lipinski definition) is 16. The molecule has 1 saturated carbocycles. The van der Waals surface area contributed by atoms with Gasteiger partial charge in [0, 0.05) is 67.1 Å². The van der Waals surface area contributed by atoms with Gasteiger partial charge in [0.2, 0.25) is 5.43 Å². The van der Waals surface area contributed by atoms with E-state index >= 15 is 0 Å². The minimum atomic E-state index is -1.44. The molecule has 1 aromatic heterocycles. The van der Waals surface area contributed by atoms with E-state index in [1.54, 1.807) is 39.8 Å². The number of amides is 1. The first kappa shape index (κ1) is 56.0. The van der Waals surface area contributed by atoms with Gasteiger partial charge in [-0.25, -0.2) is 14.4 Å². The van der Waals surface area contributed by atoms with Crippen molar-refractivity contribution >= 4 is 40.8 Å². The highest BCUT2D eigenvalue weighted by atomic mass is 16.8. The van der Waals surface area contributed by atoms with Crippen LogP contribution in [-0.4, -0.2) is 145 Å². The van der Waals surface area contributed by atoms with Crippen molar-refractivity contribution in [1.29, 1.82) is 0 Å². The zero-order valence-electron chi connectivity index (χ0n) is 43.9. The van der Waals surface area contributed by atoms with Crippen LogP contribution in [0.5, 0.6) is 0 Å². The first-order valence-corrected chi connectivity index (χ1v) is 25.4. The number of esters is 1. The van der Waals surface area contributed by atoms with E-state index in [0.717, 1.165) is 31.2 Å². The van der Waals surface area contributed by atoms with Crippen LogP contribution in [0.15, 0.2) is 34.3 Å². The molecule has 4 aliphatic rings. The maximum atomic E-state index is 14.5. The Labute approximate surface area is 422 Å². The zero-order chi connectivity index (χ0) is 52.8. The van der Waals surface area contributed by atoms with Gasteiger partial charge in [-0.2, -0.15) is 0 Å². The summed E-state index contributed by atoms with van der Waals surface area (Å²) >= 11 is 0. The monoisotopic (exact) mass is 1010 g/mol. The lowest BCUT2D eigenvalue weighted by Gasteiger charge is -2.48. The number of alkyl carbamates (subject to hydrolysis) is 1. The predicted octanol–water partition coefficient (Wildman–Crippen LogP) is 6.82. The average Bonchev–Trinajstić information content (AvgIpc) is 4.13. The summed E-state index contributed by atoms with van der Waals surface area (Å²) in [6, 6.07) is 5.05. The number of oxime groups is 1. The third-order valence-corrected chi connectivity index (χ3v) is 15.1. The van der Waals surface area contributed by atoms with Crippen molar-refractivity contribution in [3.63, 3.8) is 0 Å². The molecule has 4 heterocycles.